The van der Waals surface area contributed by atoms with Crippen molar-refractivity contribution < 1.29 is 14.3 Å². The summed E-state index contributed by atoms with van der Waals surface area (Å²) in [5, 5.41) is 0. The molecule has 1 unspecified atom stereocenters. The highest BCUT2D eigenvalue weighted by molar-refractivity contribution is 5.66. The standard InChI is InChI=1S/C31H50O3/c1-8-22(19(2)3)10-9-20(4)25-11-12-26-24-17-28-31(34-28)18-23(33-21(5)32)13-16-30(31,7)27(24)14-15-29(25,26)6/h9-10,19-20,22-28H,8,11-18H2,1-7H3/t20-,22-,23?,24+,25-,26+,27+,28-,29-,30-,31-/m1/s1. The summed E-state index contributed by atoms with van der Waals surface area (Å²) < 4.78 is 12.3. The molecule has 0 amide bonds. The molecule has 5 fully saturated rings. The highest BCUT2D eigenvalue weighted by Gasteiger charge is 2.76. The van der Waals surface area contributed by atoms with Crippen LogP contribution in [0.5, 0.6) is 0 Å². The van der Waals surface area contributed by atoms with E-state index in [1.54, 1.807) is 6.92 Å². The molecule has 1 spiro atoms. The molecule has 0 N–H and O–H groups in total. The van der Waals surface area contributed by atoms with E-state index in [0.717, 1.165) is 48.9 Å². The van der Waals surface area contributed by atoms with E-state index in [1.165, 1.54) is 38.5 Å². The second kappa shape index (κ2) is 8.63. The van der Waals surface area contributed by atoms with Gasteiger partial charge in [0, 0.05) is 18.8 Å². The topological polar surface area (TPSA) is 38.8 Å². The van der Waals surface area contributed by atoms with Crippen LogP contribution in [0.3, 0.4) is 0 Å². The number of carbonyl (C=O) groups is 1. The lowest BCUT2D eigenvalue weighted by atomic mass is 9.44. The van der Waals surface area contributed by atoms with Gasteiger partial charge in [-0.3, -0.25) is 4.79 Å². The second-order valence-corrected chi connectivity index (χ2v) is 13.8. The summed E-state index contributed by atoms with van der Waals surface area (Å²) in [4.78, 5) is 11.6. The summed E-state index contributed by atoms with van der Waals surface area (Å²) in [5.41, 5.74) is 0.721. The zero-order valence-corrected chi connectivity index (χ0v) is 22.9. The molecule has 3 heteroatoms. The van der Waals surface area contributed by atoms with Crippen LogP contribution < -0.4 is 0 Å². The van der Waals surface area contributed by atoms with Crippen molar-refractivity contribution in [1.82, 2.24) is 0 Å². The van der Waals surface area contributed by atoms with Gasteiger partial charge in [0.2, 0.25) is 0 Å². The Kier molecular flexibility index (Phi) is 6.31. The third kappa shape index (κ3) is 3.65. The number of allylic oxidation sites excluding steroid dienone is 2. The van der Waals surface area contributed by atoms with Crippen LogP contribution in [-0.4, -0.2) is 23.8 Å². The summed E-state index contributed by atoms with van der Waals surface area (Å²) in [6.45, 7) is 16.3. The van der Waals surface area contributed by atoms with E-state index in [0.29, 0.717) is 23.4 Å². The van der Waals surface area contributed by atoms with Crippen molar-refractivity contribution in [2.24, 2.45) is 52.3 Å². The van der Waals surface area contributed by atoms with Gasteiger partial charge in [-0.15, -0.1) is 0 Å². The molecule has 3 nitrogen and oxygen atoms in total. The monoisotopic (exact) mass is 470 g/mol. The summed E-state index contributed by atoms with van der Waals surface area (Å²) in [5.74, 6) is 5.24. The number of fused-ring (bicyclic) bond motifs is 4. The first kappa shape index (κ1) is 24.8. The summed E-state index contributed by atoms with van der Waals surface area (Å²) in [6, 6.07) is 0. The van der Waals surface area contributed by atoms with Gasteiger partial charge in [0.25, 0.3) is 0 Å². The van der Waals surface area contributed by atoms with E-state index in [4.69, 9.17) is 9.47 Å². The van der Waals surface area contributed by atoms with Gasteiger partial charge in [0.05, 0.1) is 6.10 Å². The van der Waals surface area contributed by atoms with Gasteiger partial charge in [0.1, 0.15) is 11.7 Å². The number of esters is 1. The molecule has 0 bridgehead atoms. The van der Waals surface area contributed by atoms with Crippen molar-refractivity contribution in [3.05, 3.63) is 12.2 Å². The summed E-state index contributed by atoms with van der Waals surface area (Å²) in [6.07, 6.45) is 16.7. The van der Waals surface area contributed by atoms with E-state index in [-0.39, 0.29) is 23.1 Å². The predicted molar refractivity (Wildman–Crippen MR) is 137 cm³/mol. The minimum atomic E-state index is -0.136. The Morgan fingerprint density at radius 2 is 1.82 bits per heavy atom. The molecule has 5 rings (SSSR count). The Bertz CT molecular complexity index is 817. The number of ether oxygens (including phenoxy) is 2. The first-order valence-corrected chi connectivity index (χ1v) is 14.6. The molecular formula is C31H50O3. The number of epoxide rings is 1. The molecule has 5 aliphatic rings. The van der Waals surface area contributed by atoms with E-state index < -0.39 is 0 Å². The van der Waals surface area contributed by atoms with Gasteiger partial charge in [-0.1, -0.05) is 53.7 Å². The van der Waals surface area contributed by atoms with Crippen LogP contribution in [0.25, 0.3) is 0 Å². The SMILES string of the molecule is CC[C@H](C=C[C@@H](C)[C@H]1CC[C@H]2[C@@H]3C[C@H]4O[C@]45CC(OC(C)=O)CC[C@]5(C)[C@H]3CC[C@]12C)C(C)C. The lowest BCUT2D eigenvalue weighted by Gasteiger charge is -2.59. The van der Waals surface area contributed by atoms with Gasteiger partial charge in [-0.25, -0.2) is 0 Å². The first-order chi connectivity index (χ1) is 16.1. The molecule has 11 atom stereocenters. The molecule has 4 saturated carbocycles. The van der Waals surface area contributed by atoms with E-state index in [1.807, 2.05) is 0 Å². The van der Waals surface area contributed by atoms with Crippen LogP contribution in [0, 0.1) is 52.3 Å². The van der Waals surface area contributed by atoms with Gasteiger partial charge in [-0.2, -0.15) is 0 Å². The Morgan fingerprint density at radius 1 is 1.06 bits per heavy atom. The summed E-state index contributed by atoms with van der Waals surface area (Å²) in [7, 11) is 0. The zero-order chi connectivity index (χ0) is 24.5. The van der Waals surface area contributed by atoms with Gasteiger partial charge >= 0.3 is 5.97 Å². The average Bonchev–Trinajstić information content (AvgIpc) is 3.34. The van der Waals surface area contributed by atoms with Crippen molar-refractivity contribution in [2.75, 3.05) is 0 Å². The third-order valence-electron chi connectivity index (χ3n) is 12.1. The van der Waals surface area contributed by atoms with Crippen LogP contribution in [0.1, 0.15) is 106 Å². The Hall–Kier alpha value is -0.830. The number of carbonyl (C=O) groups excluding carboxylic acids is 1. The lowest BCUT2D eigenvalue weighted by molar-refractivity contribution is -0.157. The average molecular weight is 471 g/mol. The van der Waals surface area contributed by atoms with Crippen molar-refractivity contribution in [1.29, 1.82) is 0 Å². The first-order valence-electron chi connectivity index (χ1n) is 14.6. The lowest BCUT2D eigenvalue weighted by Crippen LogP contribution is -2.59. The maximum absolute atomic E-state index is 11.6. The maximum Gasteiger partial charge on any atom is 0.302 e. The molecule has 0 aromatic rings. The van der Waals surface area contributed by atoms with E-state index >= 15 is 0 Å². The van der Waals surface area contributed by atoms with Crippen molar-refractivity contribution in [3.8, 4) is 0 Å². The number of hydrogen-bond acceptors (Lipinski definition) is 3. The Labute approximate surface area is 208 Å². The third-order valence-corrected chi connectivity index (χ3v) is 12.1. The molecule has 0 radical (unpaired) electrons. The molecule has 4 aliphatic carbocycles. The largest absolute Gasteiger partial charge is 0.462 e. The molecule has 34 heavy (non-hydrogen) atoms. The van der Waals surface area contributed by atoms with Crippen LogP contribution in [0.15, 0.2) is 12.2 Å². The van der Waals surface area contributed by atoms with Crippen LogP contribution in [-0.2, 0) is 14.3 Å². The molecule has 1 saturated heterocycles. The van der Waals surface area contributed by atoms with Crippen molar-refractivity contribution >= 4 is 5.97 Å². The second-order valence-electron chi connectivity index (χ2n) is 13.8. The van der Waals surface area contributed by atoms with Crippen molar-refractivity contribution in [2.45, 2.75) is 124 Å². The van der Waals surface area contributed by atoms with Crippen LogP contribution in [0.2, 0.25) is 0 Å². The van der Waals surface area contributed by atoms with E-state index in [9.17, 15) is 4.79 Å². The minimum absolute atomic E-state index is 0.0136. The summed E-state index contributed by atoms with van der Waals surface area (Å²) >= 11 is 0. The molecule has 1 aliphatic heterocycles. The molecule has 1 heterocycles. The van der Waals surface area contributed by atoms with Gasteiger partial charge in [-0.05, 0) is 98.2 Å². The zero-order valence-electron chi connectivity index (χ0n) is 22.9. The van der Waals surface area contributed by atoms with Gasteiger partial charge < -0.3 is 9.47 Å². The van der Waals surface area contributed by atoms with Gasteiger partial charge in [0.15, 0.2) is 0 Å². The quantitative estimate of drug-likeness (QED) is 0.228. The van der Waals surface area contributed by atoms with Crippen LogP contribution in [0.4, 0.5) is 0 Å². The fourth-order valence-corrected chi connectivity index (χ4v) is 10.2. The molecule has 0 aromatic heterocycles. The van der Waals surface area contributed by atoms with Crippen LogP contribution >= 0.6 is 0 Å². The maximum atomic E-state index is 11.6. The van der Waals surface area contributed by atoms with E-state index in [2.05, 4.69) is 53.7 Å². The number of rotatable bonds is 6. The predicted octanol–water partition coefficient (Wildman–Crippen LogP) is 7.58. The molecule has 0 aromatic carbocycles. The number of hydrogen-bond donors (Lipinski definition) is 0. The highest BCUT2D eigenvalue weighted by Crippen LogP contribution is 2.74. The molecular weight excluding hydrogens is 420 g/mol. The van der Waals surface area contributed by atoms with Crippen molar-refractivity contribution in [3.63, 3.8) is 0 Å². The Morgan fingerprint density at radius 3 is 2.50 bits per heavy atom. The fraction of sp³-hybridized carbons (Fsp3) is 0.903. The molecule has 192 valence electrons. The normalized spacial score (nSPS) is 49.1. The Balaban J connectivity index is 1.32. The minimum Gasteiger partial charge on any atom is -0.462 e. The fourth-order valence-electron chi connectivity index (χ4n) is 10.2. The highest BCUT2D eigenvalue weighted by atomic mass is 16.6. The smallest absolute Gasteiger partial charge is 0.302 e.